The molecule has 1 atom stereocenters. The lowest BCUT2D eigenvalue weighted by molar-refractivity contribution is -0.121. The summed E-state index contributed by atoms with van der Waals surface area (Å²) in [6, 6.07) is 10.7. The van der Waals surface area contributed by atoms with Gasteiger partial charge in [-0.2, -0.15) is 0 Å². The average Bonchev–Trinajstić information content (AvgIpc) is 2.53. The second-order valence-corrected chi connectivity index (χ2v) is 6.34. The first-order valence-corrected chi connectivity index (χ1v) is 8.30. The maximum Gasteiger partial charge on any atom is 0.312 e. The van der Waals surface area contributed by atoms with E-state index in [1.54, 1.807) is 24.3 Å². The topological polar surface area (TPSA) is 96.2 Å². The molecule has 0 aromatic heterocycles. The number of benzene rings is 2. The third kappa shape index (κ3) is 5.70. The minimum absolute atomic E-state index is 0.0389. The summed E-state index contributed by atoms with van der Waals surface area (Å²) in [6.07, 6.45) is -0.0389. The number of carbonyl (C=O) groups is 2. The summed E-state index contributed by atoms with van der Waals surface area (Å²) >= 11 is 17.9. The van der Waals surface area contributed by atoms with Crippen LogP contribution < -0.4 is 21.9 Å². The zero-order valence-corrected chi connectivity index (χ0v) is 15.1. The van der Waals surface area contributed by atoms with Crippen LogP contribution in [0.1, 0.15) is 18.0 Å². The van der Waals surface area contributed by atoms with E-state index in [1.807, 2.05) is 6.07 Å². The standard InChI is InChI=1S/C16H15Cl3N4O2/c17-10-6-11(18)15(12(19)7-10)23-22-14(24)8-13(21-16(20)25)9-4-2-1-3-5-9/h1-7,13,23H,8H2,(H,22,24)(H3,20,21,25)/t13-/m1/s1. The second kappa shape index (κ2) is 8.80. The van der Waals surface area contributed by atoms with Gasteiger partial charge in [0.05, 0.1) is 28.2 Å². The minimum Gasteiger partial charge on any atom is -0.352 e. The van der Waals surface area contributed by atoms with Crippen LogP contribution in [-0.4, -0.2) is 11.9 Å². The van der Waals surface area contributed by atoms with Gasteiger partial charge in [0.1, 0.15) is 0 Å². The van der Waals surface area contributed by atoms with Gasteiger partial charge in [-0.3, -0.25) is 15.6 Å². The number of nitrogens with one attached hydrogen (secondary N) is 3. The van der Waals surface area contributed by atoms with Gasteiger partial charge in [0, 0.05) is 5.02 Å². The molecule has 0 heterocycles. The molecule has 2 aromatic carbocycles. The maximum absolute atomic E-state index is 12.2. The van der Waals surface area contributed by atoms with Crippen LogP contribution in [0.15, 0.2) is 42.5 Å². The van der Waals surface area contributed by atoms with Crippen molar-refractivity contribution in [3.05, 3.63) is 63.1 Å². The molecular weight excluding hydrogens is 387 g/mol. The molecule has 0 saturated heterocycles. The Morgan fingerprint density at radius 1 is 1.04 bits per heavy atom. The lowest BCUT2D eigenvalue weighted by atomic mass is 10.0. The lowest BCUT2D eigenvalue weighted by Gasteiger charge is -2.18. The summed E-state index contributed by atoms with van der Waals surface area (Å²) in [4.78, 5) is 23.4. The molecule has 2 rings (SSSR count). The van der Waals surface area contributed by atoms with Crippen LogP contribution in [0.3, 0.4) is 0 Å². The number of carbonyl (C=O) groups excluding carboxylic acids is 2. The zero-order valence-electron chi connectivity index (χ0n) is 12.9. The molecule has 0 fully saturated rings. The van der Waals surface area contributed by atoms with Gasteiger partial charge >= 0.3 is 6.03 Å². The summed E-state index contributed by atoms with van der Waals surface area (Å²) in [5, 5.41) is 3.43. The molecule has 25 heavy (non-hydrogen) atoms. The van der Waals surface area contributed by atoms with Crippen molar-refractivity contribution in [3.63, 3.8) is 0 Å². The van der Waals surface area contributed by atoms with E-state index < -0.39 is 18.0 Å². The van der Waals surface area contributed by atoms with E-state index in [2.05, 4.69) is 16.2 Å². The number of primary amides is 1. The summed E-state index contributed by atoms with van der Waals surface area (Å²) in [5.41, 5.74) is 11.4. The second-order valence-electron chi connectivity index (χ2n) is 5.09. The van der Waals surface area contributed by atoms with E-state index in [0.29, 0.717) is 10.7 Å². The quantitative estimate of drug-likeness (QED) is 0.553. The Morgan fingerprint density at radius 3 is 2.20 bits per heavy atom. The van der Waals surface area contributed by atoms with Crippen molar-refractivity contribution in [2.75, 3.05) is 5.43 Å². The molecule has 2 aromatic rings. The van der Waals surface area contributed by atoms with Gasteiger partial charge < -0.3 is 11.1 Å². The van der Waals surface area contributed by atoms with Crippen LogP contribution in [0, 0.1) is 0 Å². The number of halogens is 3. The largest absolute Gasteiger partial charge is 0.352 e. The molecule has 0 aliphatic carbocycles. The molecule has 6 nitrogen and oxygen atoms in total. The van der Waals surface area contributed by atoms with Gasteiger partial charge in [0.25, 0.3) is 0 Å². The Hall–Kier alpha value is -2.15. The van der Waals surface area contributed by atoms with E-state index in [1.165, 1.54) is 12.1 Å². The SMILES string of the molecule is NC(=O)N[C@H](CC(=O)NNc1c(Cl)cc(Cl)cc1Cl)c1ccccc1. The number of hydrazine groups is 1. The zero-order chi connectivity index (χ0) is 18.4. The predicted molar refractivity (Wildman–Crippen MR) is 99.8 cm³/mol. The van der Waals surface area contributed by atoms with Crippen LogP contribution in [0.4, 0.5) is 10.5 Å². The average molecular weight is 402 g/mol. The number of anilines is 1. The van der Waals surface area contributed by atoms with Gasteiger partial charge in [-0.05, 0) is 17.7 Å². The van der Waals surface area contributed by atoms with E-state index in [-0.39, 0.29) is 16.5 Å². The van der Waals surface area contributed by atoms with E-state index in [9.17, 15) is 9.59 Å². The number of hydrogen-bond donors (Lipinski definition) is 4. The highest BCUT2D eigenvalue weighted by atomic mass is 35.5. The Kier molecular flexibility index (Phi) is 6.75. The molecule has 9 heteroatoms. The first-order chi connectivity index (χ1) is 11.9. The van der Waals surface area contributed by atoms with Gasteiger partial charge in [-0.1, -0.05) is 65.1 Å². The summed E-state index contributed by atoms with van der Waals surface area (Å²) in [6.45, 7) is 0. The highest BCUT2D eigenvalue weighted by Crippen LogP contribution is 2.33. The summed E-state index contributed by atoms with van der Waals surface area (Å²) in [7, 11) is 0. The molecular formula is C16H15Cl3N4O2. The Labute approximate surface area is 159 Å². The first kappa shape index (κ1) is 19.2. The Morgan fingerprint density at radius 2 is 1.64 bits per heavy atom. The van der Waals surface area contributed by atoms with E-state index in [4.69, 9.17) is 40.5 Å². The molecule has 132 valence electrons. The number of hydrogen-bond acceptors (Lipinski definition) is 3. The van der Waals surface area contributed by atoms with Crippen molar-refractivity contribution in [1.82, 2.24) is 10.7 Å². The molecule has 0 aliphatic rings. The van der Waals surface area contributed by atoms with Gasteiger partial charge in [0.2, 0.25) is 5.91 Å². The fourth-order valence-corrected chi connectivity index (χ4v) is 3.05. The smallest absolute Gasteiger partial charge is 0.312 e. The highest BCUT2D eigenvalue weighted by Gasteiger charge is 2.18. The number of nitrogens with two attached hydrogens (primary N) is 1. The van der Waals surface area contributed by atoms with Gasteiger partial charge in [-0.25, -0.2) is 4.79 Å². The normalized spacial score (nSPS) is 11.5. The lowest BCUT2D eigenvalue weighted by Crippen LogP contribution is -2.38. The van der Waals surface area contributed by atoms with Crippen LogP contribution in [-0.2, 0) is 4.79 Å². The molecule has 0 unspecified atom stereocenters. The molecule has 5 N–H and O–H groups in total. The summed E-state index contributed by atoms with van der Waals surface area (Å²) < 4.78 is 0. The molecule has 0 radical (unpaired) electrons. The van der Waals surface area contributed by atoms with Crippen molar-refractivity contribution in [3.8, 4) is 0 Å². The highest BCUT2D eigenvalue weighted by molar-refractivity contribution is 6.41. The number of rotatable bonds is 6. The fourth-order valence-electron chi connectivity index (χ4n) is 2.14. The predicted octanol–water partition coefficient (Wildman–Crippen LogP) is 3.89. The fraction of sp³-hybridized carbons (Fsp3) is 0.125. The number of urea groups is 1. The van der Waals surface area contributed by atoms with E-state index in [0.717, 1.165) is 5.56 Å². The Bertz CT molecular complexity index is 748. The third-order valence-corrected chi connectivity index (χ3v) is 4.06. The molecule has 0 spiro atoms. The van der Waals surface area contributed by atoms with Crippen molar-refractivity contribution in [2.45, 2.75) is 12.5 Å². The van der Waals surface area contributed by atoms with Crippen molar-refractivity contribution < 1.29 is 9.59 Å². The summed E-state index contributed by atoms with van der Waals surface area (Å²) in [5.74, 6) is -0.398. The van der Waals surface area contributed by atoms with Gasteiger partial charge in [0.15, 0.2) is 0 Å². The van der Waals surface area contributed by atoms with Crippen LogP contribution in [0.5, 0.6) is 0 Å². The van der Waals surface area contributed by atoms with Crippen LogP contribution in [0.2, 0.25) is 15.1 Å². The van der Waals surface area contributed by atoms with Crippen LogP contribution in [0.25, 0.3) is 0 Å². The molecule has 0 bridgehead atoms. The molecule has 0 saturated carbocycles. The maximum atomic E-state index is 12.2. The number of amides is 3. The minimum atomic E-state index is -0.724. The monoisotopic (exact) mass is 400 g/mol. The third-order valence-electron chi connectivity index (χ3n) is 3.24. The molecule has 0 aliphatic heterocycles. The Balaban J connectivity index is 2.03. The van der Waals surface area contributed by atoms with Crippen molar-refractivity contribution in [1.29, 1.82) is 0 Å². The molecule has 3 amide bonds. The van der Waals surface area contributed by atoms with Gasteiger partial charge in [-0.15, -0.1) is 0 Å². The first-order valence-electron chi connectivity index (χ1n) is 7.17. The van der Waals surface area contributed by atoms with Crippen LogP contribution >= 0.6 is 34.8 Å². The van der Waals surface area contributed by atoms with E-state index >= 15 is 0 Å². The van der Waals surface area contributed by atoms with Crippen molar-refractivity contribution in [2.24, 2.45) is 5.73 Å². The van der Waals surface area contributed by atoms with Crippen molar-refractivity contribution >= 4 is 52.4 Å².